The van der Waals surface area contributed by atoms with Crippen LogP contribution in [0.3, 0.4) is 0 Å². The zero-order valence-corrected chi connectivity index (χ0v) is 12.7. The third-order valence-corrected chi connectivity index (χ3v) is 3.69. The van der Waals surface area contributed by atoms with Gasteiger partial charge in [0.2, 0.25) is 0 Å². The van der Waals surface area contributed by atoms with Crippen molar-refractivity contribution in [2.45, 2.75) is 13.8 Å². The molecule has 2 aromatic rings. The third-order valence-electron chi connectivity index (χ3n) is 3.04. The number of hydrogen-bond acceptors (Lipinski definition) is 2. The second-order valence-electron chi connectivity index (χ2n) is 4.61. The summed E-state index contributed by atoms with van der Waals surface area (Å²) in [5.41, 5.74) is 9.17. The average Bonchev–Trinajstić information content (AvgIpc) is 2.39. The number of aryl methyl sites for hydroxylation is 2. The fraction of sp³-hybridized carbons (Fsp3) is 0.133. The number of carbonyl (C=O) groups is 1. The number of rotatable bonds is 2. The molecule has 104 valence electrons. The Morgan fingerprint density at radius 2 is 1.90 bits per heavy atom. The number of amides is 1. The summed E-state index contributed by atoms with van der Waals surface area (Å²) in [4.78, 5) is 12.1. The lowest BCUT2D eigenvalue weighted by Gasteiger charge is -2.11. The Labute approximate surface area is 125 Å². The van der Waals surface area contributed by atoms with Crippen molar-refractivity contribution in [3.05, 3.63) is 57.3 Å². The van der Waals surface area contributed by atoms with Gasteiger partial charge in [-0.15, -0.1) is 0 Å². The molecule has 0 saturated heterocycles. The highest BCUT2D eigenvalue weighted by Gasteiger charge is 2.11. The molecule has 3 nitrogen and oxygen atoms in total. The van der Waals surface area contributed by atoms with Crippen LogP contribution in [0.2, 0.25) is 0 Å². The summed E-state index contributed by atoms with van der Waals surface area (Å²) in [5, 5.41) is 2.74. The predicted octanol–water partition coefficient (Wildman–Crippen LogP) is 4.04. The summed E-state index contributed by atoms with van der Waals surface area (Å²) < 4.78 is 13.8. The van der Waals surface area contributed by atoms with Gasteiger partial charge in [-0.2, -0.15) is 0 Å². The molecule has 0 spiro atoms. The van der Waals surface area contributed by atoms with Gasteiger partial charge in [-0.25, -0.2) is 4.39 Å². The molecule has 1 amide bonds. The van der Waals surface area contributed by atoms with Crippen molar-refractivity contribution in [1.82, 2.24) is 0 Å². The quantitative estimate of drug-likeness (QED) is 0.813. The van der Waals surface area contributed by atoms with Crippen molar-refractivity contribution < 1.29 is 9.18 Å². The second kappa shape index (κ2) is 5.63. The van der Waals surface area contributed by atoms with Crippen molar-refractivity contribution >= 4 is 33.2 Å². The van der Waals surface area contributed by atoms with Crippen molar-refractivity contribution in [2.75, 3.05) is 11.1 Å². The van der Waals surface area contributed by atoms with Crippen LogP contribution in [0.25, 0.3) is 0 Å². The lowest BCUT2D eigenvalue weighted by molar-refractivity contribution is 0.102. The molecule has 20 heavy (non-hydrogen) atoms. The first-order valence-electron chi connectivity index (χ1n) is 6.01. The molecule has 0 bridgehead atoms. The molecular weight excluding hydrogens is 323 g/mol. The highest BCUT2D eigenvalue weighted by atomic mass is 79.9. The first kappa shape index (κ1) is 14.5. The van der Waals surface area contributed by atoms with E-state index in [0.717, 1.165) is 11.1 Å². The number of anilines is 2. The molecule has 0 aliphatic rings. The predicted molar refractivity (Wildman–Crippen MR) is 82.4 cm³/mol. The minimum absolute atomic E-state index is 0.254. The van der Waals surface area contributed by atoms with E-state index in [1.807, 2.05) is 19.9 Å². The molecule has 0 aliphatic heterocycles. The van der Waals surface area contributed by atoms with Gasteiger partial charge in [-0.1, -0.05) is 6.07 Å². The number of nitrogens with two attached hydrogens (primary N) is 1. The Hall–Kier alpha value is -1.88. The minimum atomic E-state index is -0.474. The zero-order chi connectivity index (χ0) is 14.9. The van der Waals surface area contributed by atoms with Crippen LogP contribution in [0.5, 0.6) is 0 Å². The second-order valence-corrected chi connectivity index (χ2v) is 5.46. The van der Waals surface area contributed by atoms with E-state index in [1.165, 1.54) is 12.1 Å². The first-order valence-corrected chi connectivity index (χ1v) is 6.81. The summed E-state index contributed by atoms with van der Waals surface area (Å²) in [5.74, 6) is -0.847. The first-order chi connectivity index (χ1) is 9.38. The lowest BCUT2D eigenvalue weighted by atomic mass is 10.1. The van der Waals surface area contributed by atoms with Gasteiger partial charge in [0.05, 0.1) is 4.47 Å². The highest BCUT2D eigenvalue weighted by molar-refractivity contribution is 9.10. The molecule has 0 saturated carbocycles. The smallest absolute Gasteiger partial charge is 0.255 e. The summed E-state index contributed by atoms with van der Waals surface area (Å²) in [7, 11) is 0. The van der Waals surface area contributed by atoms with Gasteiger partial charge >= 0.3 is 0 Å². The maximum absolute atomic E-state index is 13.4. The van der Waals surface area contributed by atoms with Crippen LogP contribution in [0.15, 0.2) is 34.8 Å². The lowest BCUT2D eigenvalue weighted by Crippen LogP contribution is -2.13. The van der Waals surface area contributed by atoms with Gasteiger partial charge < -0.3 is 11.1 Å². The summed E-state index contributed by atoms with van der Waals surface area (Å²) in [6.07, 6.45) is 0. The molecule has 5 heteroatoms. The summed E-state index contributed by atoms with van der Waals surface area (Å²) in [6.45, 7) is 3.78. The van der Waals surface area contributed by atoms with Gasteiger partial charge in [-0.05, 0) is 65.2 Å². The number of carbonyl (C=O) groups excluding carboxylic acids is 1. The number of nitrogen functional groups attached to an aromatic ring is 1. The fourth-order valence-electron chi connectivity index (χ4n) is 1.84. The number of benzene rings is 2. The molecule has 0 atom stereocenters. The third kappa shape index (κ3) is 2.99. The zero-order valence-electron chi connectivity index (χ0n) is 11.1. The Morgan fingerprint density at radius 1 is 1.20 bits per heavy atom. The maximum Gasteiger partial charge on any atom is 0.255 e. The summed E-state index contributed by atoms with van der Waals surface area (Å²) in [6, 6.07) is 7.84. The Morgan fingerprint density at radius 3 is 2.55 bits per heavy atom. The average molecular weight is 337 g/mol. The minimum Gasteiger partial charge on any atom is -0.398 e. The fourth-order valence-corrected chi connectivity index (χ4v) is 2.08. The standard InChI is InChI=1S/C15H14BrFN2O/c1-8-5-9(2)14(7-13(8)18)19-15(20)10-3-4-11(16)12(17)6-10/h3-7H,18H2,1-2H3,(H,19,20). The highest BCUT2D eigenvalue weighted by Crippen LogP contribution is 2.23. The number of halogens is 2. The van der Waals surface area contributed by atoms with Crippen molar-refractivity contribution in [2.24, 2.45) is 0 Å². The topological polar surface area (TPSA) is 55.1 Å². The molecule has 2 rings (SSSR count). The molecule has 0 aromatic heterocycles. The Bertz CT molecular complexity index is 686. The molecule has 0 aliphatic carbocycles. The summed E-state index contributed by atoms with van der Waals surface area (Å²) >= 11 is 3.05. The SMILES string of the molecule is Cc1cc(C)c(NC(=O)c2ccc(Br)c(F)c2)cc1N. The van der Waals surface area contributed by atoms with E-state index in [-0.39, 0.29) is 11.5 Å². The van der Waals surface area contributed by atoms with E-state index in [1.54, 1.807) is 12.1 Å². The van der Waals surface area contributed by atoms with Crippen LogP contribution in [0.1, 0.15) is 21.5 Å². The van der Waals surface area contributed by atoms with Gasteiger partial charge in [0.15, 0.2) is 0 Å². The van der Waals surface area contributed by atoms with Gasteiger partial charge in [0.25, 0.3) is 5.91 Å². The van der Waals surface area contributed by atoms with Gasteiger partial charge in [0, 0.05) is 16.9 Å². The van der Waals surface area contributed by atoms with Gasteiger partial charge in [-0.3, -0.25) is 4.79 Å². The van der Waals surface area contributed by atoms with Crippen molar-refractivity contribution in [3.8, 4) is 0 Å². The maximum atomic E-state index is 13.4. The van der Waals surface area contributed by atoms with Crippen LogP contribution in [-0.2, 0) is 0 Å². The van der Waals surface area contributed by atoms with Crippen LogP contribution >= 0.6 is 15.9 Å². The monoisotopic (exact) mass is 336 g/mol. The Kier molecular flexibility index (Phi) is 4.09. The number of nitrogens with one attached hydrogen (secondary N) is 1. The van der Waals surface area contributed by atoms with Crippen LogP contribution < -0.4 is 11.1 Å². The van der Waals surface area contributed by atoms with Crippen LogP contribution in [-0.4, -0.2) is 5.91 Å². The molecule has 0 radical (unpaired) electrons. The normalized spacial score (nSPS) is 10.4. The van der Waals surface area contributed by atoms with Crippen molar-refractivity contribution in [1.29, 1.82) is 0 Å². The van der Waals surface area contributed by atoms with E-state index in [0.29, 0.717) is 15.8 Å². The molecule has 3 N–H and O–H groups in total. The molecule has 2 aromatic carbocycles. The van der Waals surface area contributed by atoms with Crippen LogP contribution in [0.4, 0.5) is 15.8 Å². The number of hydrogen-bond donors (Lipinski definition) is 2. The van der Waals surface area contributed by atoms with Crippen LogP contribution in [0, 0.1) is 19.7 Å². The van der Waals surface area contributed by atoms with Crippen molar-refractivity contribution in [3.63, 3.8) is 0 Å². The van der Waals surface area contributed by atoms with E-state index in [9.17, 15) is 9.18 Å². The van der Waals surface area contributed by atoms with E-state index < -0.39 is 5.82 Å². The molecule has 0 heterocycles. The molecular formula is C15H14BrFN2O. The van der Waals surface area contributed by atoms with E-state index in [2.05, 4.69) is 21.2 Å². The Balaban J connectivity index is 2.27. The molecule has 0 fully saturated rings. The largest absolute Gasteiger partial charge is 0.398 e. The van der Waals surface area contributed by atoms with E-state index >= 15 is 0 Å². The molecule has 0 unspecified atom stereocenters. The van der Waals surface area contributed by atoms with Gasteiger partial charge in [0.1, 0.15) is 5.82 Å². The van der Waals surface area contributed by atoms with E-state index in [4.69, 9.17) is 5.73 Å².